The number of pyridine rings is 1. The third-order valence-electron chi connectivity index (χ3n) is 3.91. The molecule has 0 aliphatic carbocycles. The Balaban J connectivity index is 2.25. The van der Waals surface area contributed by atoms with E-state index in [4.69, 9.17) is 0 Å². The molecule has 1 unspecified atom stereocenters. The molecule has 0 bridgehead atoms. The van der Waals surface area contributed by atoms with Crippen LogP contribution in [0.3, 0.4) is 0 Å². The van der Waals surface area contributed by atoms with Gasteiger partial charge in [-0.2, -0.15) is 0 Å². The molecule has 3 heteroatoms. The predicted molar refractivity (Wildman–Crippen MR) is 95.6 cm³/mol. The summed E-state index contributed by atoms with van der Waals surface area (Å²) < 4.78 is 1.12. The zero-order chi connectivity index (χ0) is 15.3. The van der Waals surface area contributed by atoms with Gasteiger partial charge in [0.15, 0.2) is 0 Å². The van der Waals surface area contributed by atoms with Crippen molar-refractivity contribution in [3.05, 3.63) is 28.5 Å². The van der Waals surface area contributed by atoms with E-state index < -0.39 is 0 Å². The Bertz CT molecular complexity index is 368. The summed E-state index contributed by atoms with van der Waals surface area (Å²) in [6.45, 7) is 5.43. The fraction of sp³-hybridized carbons (Fsp3) is 0.722. The lowest BCUT2D eigenvalue weighted by molar-refractivity contribution is 0.465. The van der Waals surface area contributed by atoms with Gasteiger partial charge in [0.2, 0.25) is 0 Å². The Hall–Kier alpha value is -0.410. The third-order valence-corrected chi connectivity index (χ3v) is 4.58. The molecule has 1 N–H and O–H groups in total. The highest BCUT2D eigenvalue weighted by Crippen LogP contribution is 2.25. The van der Waals surface area contributed by atoms with E-state index in [2.05, 4.69) is 46.1 Å². The Morgan fingerprint density at radius 2 is 1.71 bits per heavy atom. The van der Waals surface area contributed by atoms with Crippen LogP contribution in [-0.2, 0) is 0 Å². The molecule has 0 radical (unpaired) electrons. The molecule has 0 spiro atoms. The van der Waals surface area contributed by atoms with E-state index in [1.807, 2.05) is 12.3 Å². The van der Waals surface area contributed by atoms with E-state index in [1.54, 1.807) is 0 Å². The maximum absolute atomic E-state index is 4.54. The molecule has 0 aromatic carbocycles. The summed E-state index contributed by atoms with van der Waals surface area (Å²) in [7, 11) is 0. The van der Waals surface area contributed by atoms with Gasteiger partial charge in [0, 0.05) is 10.7 Å². The van der Waals surface area contributed by atoms with E-state index in [0.29, 0.717) is 6.04 Å². The minimum absolute atomic E-state index is 0.380. The van der Waals surface area contributed by atoms with Crippen LogP contribution in [0.4, 0.5) is 0 Å². The Labute approximate surface area is 139 Å². The monoisotopic (exact) mass is 354 g/mol. The van der Waals surface area contributed by atoms with Gasteiger partial charge in [0.25, 0.3) is 0 Å². The van der Waals surface area contributed by atoms with Crippen LogP contribution < -0.4 is 5.32 Å². The van der Waals surface area contributed by atoms with Gasteiger partial charge in [-0.05, 0) is 41.0 Å². The van der Waals surface area contributed by atoms with Gasteiger partial charge >= 0.3 is 0 Å². The smallest absolute Gasteiger partial charge is 0.0714 e. The van der Waals surface area contributed by atoms with Crippen LogP contribution in [0.5, 0.6) is 0 Å². The predicted octanol–water partition coefficient (Wildman–Crippen LogP) is 6.03. The van der Waals surface area contributed by atoms with E-state index in [-0.39, 0.29) is 0 Å². The van der Waals surface area contributed by atoms with Crippen LogP contribution in [0.25, 0.3) is 0 Å². The molecule has 21 heavy (non-hydrogen) atoms. The van der Waals surface area contributed by atoms with Crippen molar-refractivity contribution in [1.29, 1.82) is 0 Å². The van der Waals surface area contributed by atoms with Crippen molar-refractivity contribution in [2.75, 3.05) is 6.54 Å². The van der Waals surface area contributed by atoms with Crippen molar-refractivity contribution < 1.29 is 0 Å². The molecule has 1 aromatic rings. The Morgan fingerprint density at radius 1 is 1.05 bits per heavy atom. The van der Waals surface area contributed by atoms with Crippen LogP contribution in [0, 0.1) is 0 Å². The molecule has 1 atom stereocenters. The number of hydrogen-bond acceptors (Lipinski definition) is 2. The topological polar surface area (TPSA) is 24.9 Å². The molecule has 0 aliphatic rings. The van der Waals surface area contributed by atoms with Gasteiger partial charge in [0.1, 0.15) is 0 Å². The van der Waals surface area contributed by atoms with E-state index in [1.165, 1.54) is 57.8 Å². The van der Waals surface area contributed by atoms with Crippen molar-refractivity contribution in [2.45, 2.75) is 77.7 Å². The largest absolute Gasteiger partial charge is 0.309 e. The summed E-state index contributed by atoms with van der Waals surface area (Å²) in [5, 5.41) is 3.57. The van der Waals surface area contributed by atoms with Crippen molar-refractivity contribution >= 4 is 15.9 Å². The minimum atomic E-state index is 0.380. The van der Waals surface area contributed by atoms with Crippen molar-refractivity contribution in [2.24, 2.45) is 0 Å². The third kappa shape index (κ3) is 7.96. The average molecular weight is 355 g/mol. The molecule has 2 nitrogen and oxygen atoms in total. The number of nitrogens with one attached hydrogen (secondary N) is 1. The van der Waals surface area contributed by atoms with Gasteiger partial charge in [-0.15, -0.1) is 0 Å². The molecular weight excluding hydrogens is 324 g/mol. The van der Waals surface area contributed by atoms with Crippen LogP contribution in [0.15, 0.2) is 22.8 Å². The molecule has 1 heterocycles. The first-order valence-electron chi connectivity index (χ1n) is 8.63. The van der Waals surface area contributed by atoms with E-state index in [0.717, 1.165) is 16.7 Å². The number of unbranched alkanes of at least 4 members (excludes halogenated alkanes) is 7. The zero-order valence-electron chi connectivity index (χ0n) is 13.7. The van der Waals surface area contributed by atoms with Gasteiger partial charge in [-0.25, -0.2) is 0 Å². The summed E-state index contributed by atoms with van der Waals surface area (Å²) in [4.78, 5) is 4.54. The molecule has 1 aromatic heterocycles. The maximum atomic E-state index is 4.54. The van der Waals surface area contributed by atoms with Gasteiger partial charge in [-0.1, -0.05) is 65.2 Å². The Kier molecular flexibility index (Phi) is 10.8. The molecule has 120 valence electrons. The summed E-state index contributed by atoms with van der Waals surface area (Å²) >= 11 is 3.62. The standard InChI is InChI=1S/C18H31BrN2/c1-3-5-6-7-8-9-10-11-14-17(20-4-2)18-16(19)13-12-15-21-18/h12-13,15,17,20H,3-11,14H2,1-2H3. The lowest BCUT2D eigenvalue weighted by atomic mass is 10.0. The van der Waals surface area contributed by atoms with E-state index >= 15 is 0 Å². The first kappa shape index (κ1) is 18.6. The average Bonchev–Trinajstić information content (AvgIpc) is 2.49. The van der Waals surface area contributed by atoms with Crippen LogP contribution in [-0.4, -0.2) is 11.5 Å². The molecule has 0 amide bonds. The first-order valence-corrected chi connectivity index (χ1v) is 9.42. The summed E-state index contributed by atoms with van der Waals surface area (Å²) in [6.07, 6.45) is 14.0. The number of rotatable bonds is 12. The highest BCUT2D eigenvalue weighted by Gasteiger charge is 2.14. The minimum Gasteiger partial charge on any atom is -0.309 e. The SMILES string of the molecule is CCCCCCCCCCC(NCC)c1ncccc1Br. The van der Waals surface area contributed by atoms with Gasteiger partial charge < -0.3 is 5.32 Å². The number of halogens is 1. The molecule has 0 fully saturated rings. The maximum Gasteiger partial charge on any atom is 0.0714 e. The van der Waals surface area contributed by atoms with Crippen molar-refractivity contribution in [3.63, 3.8) is 0 Å². The quantitative estimate of drug-likeness (QED) is 0.463. The summed E-state index contributed by atoms with van der Waals surface area (Å²) in [6, 6.07) is 4.44. The van der Waals surface area contributed by atoms with Crippen LogP contribution in [0.1, 0.15) is 83.4 Å². The van der Waals surface area contributed by atoms with Gasteiger partial charge in [0.05, 0.1) is 11.7 Å². The fourth-order valence-corrected chi connectivity index (χ4v) is 3.25. The van der Waals surface area contributed by atoms with Crippen molar-refractivity contribution in [1.82, 2.24) is 10.3 Å². The lowest BCUT2D eigenvalue weighted by Gasteiger charge is -2.18. The van der Waals surface area contributed by atoms with Gasteiger partial charge in [-0.3, -0.25) is 4.98 Å². The Morgan fingerprint density at radius 3 is 2.33 bits per heavy atom. The molecule has 1 rings (SSSR count). The number of aromatic nitrogens is 1. The van der Waals surface area contributed by atoms with Crippen LogP contribution >= 0.6 is 15.9 Å². The summed E-state index contributed by atoms with van der Waals surface area (Å²) in [5.41, 5.74) is 1.15. The molecular formula is C18H31BrN2. The first-order chi connectivity index (χ1) is 10.3. The fourth-order valence-electron chi connectivity index (χ4n) is 2.72. The van der Waals surface area contributed by atoms with E-state index in [9.17, 15) is 0 Å². The molecule has 0 aliphatic heterocycles. The lowest BCUT2D eigenvalue weighted by Crippen LogP contribution is -2.22. The second kappa shape index (κ2) is 12.2. The second-order valence-corrected chi connectivity index (χ2v) is 6.60. The molecule has 0 saturated heterocycles. The normalized spacial score (nSPS) is 12.5. The second-order valence-electron chi connectivity index (χ2n) is 5.74. The van der Waals surface area contributed by atoms with Crippen molar-refractivity contribution in [3.8, 4) is 0 Å². The highest BCUT2D eigenvalue weighted by atomic mass is 79.9. The van der Waals surface area contributed by atoms with Crippen LogP contribution in [0.2, 0.25) is 0 Å². The number of hydrogen-bond donors (Lipinski definition) is 1. The zero-order valence-corrected chi connectivity index (χ0v) is 15.3. The number of nitrogens with zero attached hydrogens (tertiary/aromatic N) is 1. The molecule has 0 saturated carbocycles. The summed E-state index contributed by atoms with van der Waals surface area (Å²) in [5.74, 6) is 0. The highest BCUT2D eigenvalue weighted by molar-refractivity contribution is 9.10.